The second kappa shape index (κ2) is 4.97. The van der Waals surface area contributed by atoms with E-state index in [0.29, 0.717) is 0 Å². The smallest absolute Gasteiger partial charge is 0.134 e. The Morgan fingerprint density at radius 2 is 2.17 bits per heavy atom. The molecule has 2 aliphatic heterocycles. The summed E-state index contributed by atoms with van der Waals surface area (Å²) in [6.45, 7) is 3.44. The van der Waals surface area contributed by atoms with E-state index in [0.717, 1.165) is 37.5 Å². The van der Waals surface area contributed by atoms with Crippen molar-refractivity contribution in [1.82, 2.24) is 19.7 Å². The van der Waals surface area contributed by atoms with Crippen molar-refractivity contribution < 1.29 is 0 Å². The Morgan fingerprint density at radius 1 is 1.28 bits per heavy atom. The number of piperidine rings is 1. The van der Waals surface area contributed by atoms with Gasteiger partial charge in [0.2, 0.25) is 0 Å². The molecule has 5 heteroatoms. The molecule has 0 bridgehead atoms. The highest BCUT2D eigenvalue weighted by Crippen LogP contribution is 2.21. The summed E-state index contributed by atoms with van der Waals surface area (Å²) in [5, 5.41) is 8.70. The van der Waals surface area contributed by atoms with Gasteiger partial charge in [-0.25, -0.2) is 0 Å². The summed E-state index contributed by atoms with van der Waals surface area (Å²) in [6.07, 6.45) is 5.66. The molecule has 0 radical (unpaired) electrons. The first-order valence-electron chi connectivity index (χ1n) is 7.07. The van der Waals surface area contributed by atoms with Gasteiger partial charge in [-0.2, -0.15) is 0 Å². The highest BCUT2D eigenvalue weighted by atomic mass is 15.3. The number of fused-ring (bicyclic) bond motifs is 1. The second-order valence-corrected chi connectivity index (χ2v) is 5.91. The Labute approximate surface area is 108 Å². The molecule has 18 heavy (non-hydrogen) atoms. The van der Waals surface area contributed by atoms with Crippen LogP contribution >= 0.6 is 0 Å². The summed E-state index contributed by atoms with van der Waals surface area (Å²) < 4.78 is 2.30. The maximum atomic E-state index is 5.97. The third-order valence-electron chi connectivity index (χ3n) is 4.27. The van der Waals surface area contributed by atoms with Crippen LogP contribution in [-0.2, 0) is 19.4 Å². The molecule has 2 atom stereocenters. The zero-order chi connectivity index (χ0) is 12.5. The van der Waals surface area contributed by atoms with Crippen molar-refractivity contribution in [1.29, 1.82) is 0 Å². The van der Waals surface area contributed by atoms with Crippen LogP contribution in [0.15, 0.2) is 0 Å². The highest BCUT2D eigenvalue weighted by Gasteiger charge is 2.24. The van der Waals surface area contributed by atoms with E-state index in [9.17, 15) is 0 Å². The molecule has 3 rings (SSSR count). The molecule has 0 aromatic carbocycles. The molecule has 2 unspecified atom stereocenters. The van der Waals surface area contributed by atoms with Crippen LogP contribution in [0.1, 0.15) is 30.9 Å². The van der Waals surface area contributed by atoms with Crippen molar-refractivity contribution in [2.45, 2.75) is 44.7 Å². The summed E-state index contributed by atoms with van der Waals surface area (Å²) in [4.78, 5) is 2.43. The molecule has 0 spiro atoms. The summed E-state index contributed by atoms with van der Waals surface area (Å²) in [7, 11) is 2.21. The van der Waals surface area contributed by atoms with Crippen LogP contribution in [0, 0.1) is 5.92 Å². The van der Waals surface area contributed by atoms with E-state index in [1.807, 2.05) is 0 Å². The number of nitrogens with zero attached hydrogens (tertiary/aromatic N) is 4. The SMILES string of the molecule is CN1CCCC(Cc2nnc3n2CCC(N)C3)C1. The lowest BCUT2D eigenvalue weighted by Crippen LogP contribution is -2.34. The number of nitrogens with two attached hydrogens (primary N) is 1. The average Bonchev–Trinajstić information content (AvgIpc) is 2.72. The molecule has 1 aromatic heterocycles. The van der Waals surface area contributed by atoms with Gasteiger partial charge < -0.3 is 15.2 Å². The van der Waals surface area contributed by atoms with E-state index >= 15 is 0 Å². The largest absolute Gasteiger partial charge is 0.327 e. The molecule has 3 heterocycles. The molecule has 2 aliphatic rings. The maximum absolute atomic E-state index is 5.97. The van der Waals surface area contributed by atoms with E-state index in [1.54, 1.807) is 0 Å². The van der Waals surface area contributed by atoms with E-state index in [4.69, 9.17) is 5.73 Å². The Hall–Kier alpha value is -0.940. The highest BCUT2D eigenvalue weighted by molar-refractivity contribution is 5.02. The first-order chi connectivity index (χ1) is 8.72. The number of aromatic nitrogens is 3. The first-order valence-corrected chi connectivity index (χ1v) is 7.07. The number of hydrogen-bond donors (Lipinski definition) is 1. The fourth-order valence-electron chi connectivity index (χ4n) is 3.26. The Kier molecular flexibility index (Phi) is 3.35. The van der Waals surface area contributed by atoms with Gasteiger partial charge >= 0.3 is 0 Å². The van der Waals surface area contributed by atoms with Crippen molar-refractivity contribution in [2.75, 3.05) is 20.1 Å². The van der Waals surface area contributed by atoms with Crippen molar-refractivity contribution in [2.24, 2.45) is 11.7 Å². The van der Waals surface area contributed by atoms with Gasteiger partial charge in [0.1, 0.15) is 11.6 Å². The monoisotopic (exact) mass is 249 g/mol. The molecule has 1 fully saturated rings. The minimum absolute atomic E-state index is 0.273. The molecule has 1 saturated heterocycles. The summed E-state index contributed by atoms with van der Waals surface area (Å²) in [5.74, 6) is 3.01. The Morgan fingerprint density at radius 3 is 3.00 bits per heavy atom. The molecule has 1 aromatic rings. The molecule has 0 aliphatic carbocycles. The minimum Gasteiger partial charge on any atom is -0.327 e. The third-order valence-corrected chi connectivity index (χ3v) is 4.27. The van der Waals surface area contributed by atoms with Crippen LogP contribution in [0.25, 0.3) is 0 Å². The lowest BCUT2D eigenvalue weighted by atomic mass is 9.94. The van der Waals surface area contributed by atoms with Crippen LogP contribution in [0.4, 0.5) is 0 Å². The fraction of sp³-hybridized carbons (Fsp3) is 0.846. The van der Waals surface area contributed by atoms with Crippen LogP contribution in [0.5, 0.6) is 0 Å². The quantitative estimate of drug-likeness (QED) is 0.826. The standard InChI is InChI=1S/C13H23N5/c1-17-5-2-3-10(9-17)7-12-15-16-13-8-11(14)4-6-18(12)13/h10-11H,2-9,14H2,1H3. The number of likely N-dealkylation sites (tertiary alicyclic amines) is 1. The van der Waals surface area contributed by atoms with Crippen molar-refractivity contribution >= 4 is 0 Å². The maximum Gasteiger partial charge on any atom is 0.134 e. The molecular weight excluding hydrogens is 226 g/mol. The normalized spacial score (nSPS) is 29.2. The summed E-state index contributed by atoms with van der Waals surface area (Å²) in [6, 6.07) is 0.273. The van der Waals surface area contributed by atoms with E-state index in [-0.39, 0.29) is 6.04 Å². The van der Waals surface area contributed by atoms with Crippen molar-refractivity contribution in [3.05, 3.63) is 11.6 Å². The second-order valence-electron chi connectivity index (χ2n) is 5.91. The van der Waals surface area contributed by atoms with Crippen molar-refractivity contribution in [3.8, 4) is 0 Å². The topological polar surface area (TPSA) is 60.0 Å². The Balaban J connectivity index is 1.70. The predicted octanol–water partition coefficient (Wildman–Crippen LogP) is 0.436. The molecule has 2 N–H and O–H groups in total. The van der Waals surface area contributed by atoms with Gasteiger partial charge in [0.25, 0.3) is 0 Å². The number of hydrogen-bond acceptors (Lipinski definition) is 4. The lowest BCUT2D eigenvalue weighted by molar-refractivity contribution is 0.206. The van der Waals surface area contributed by atoms with Gasteiger partial charge in [-0.15, -0.1) is 10.2 Å². The Bertz CT molecular complexity index is 414. The van der Waals surface area contributed by atoms with Crippen LogP contribution < -0.4 is 5.73 Å². The third kappa shape index (κ3) is 2.42. The molecule has 100 valence electrons. The molecule has 5 nitrogen and oxygen atoms in total. The van der Waals surface area contributed by atoms with Gasteiger partial charge in [-0.05, 0) is 38.8 Å². The van der Waals surface area contributed by atoms with E-state index in [1.165, 1.54) is 31.8 Å². The fourth-order valence-corrected chi connectivity index (χ4v) is 3.26. The van der Waals surface area contributed by atoms with Crippen LogP contribution in [0.2, 0.25) is 0 Å². The first kappa shape index (κ1) is 12.1. The zero-order valence-corrected chi connectivity index (χ0v) is 11.2. The van der Waals surface area contributed by atoms with Gasteiger partial charge in [0.05, 0.1) is 0 Å². The molecule has 0 saturated carbocycles. The summed E-state index contributed by atoms with van der Waals surface area (Å²) in [5.41, 5.74) is 5.97. The lowest BCUT2D eigenvalue weighted by Gasteiger charge is -2.29. The van der Waals surface area contributed by atoms with Crippen molar-refractivity contribution in [3.63, 3.8) is 0 Å². The van der Waals surface area contributed by atoms with Gasteiger partial charge in [-0.3, -0.25) is 0 Å². The zero-order valence-electron chi connectivity index (χ0n) is 11.2. The van der Waals surface area contributed by atoms with E-state index in [2.05, 4.69) is 26.7 Å². The van der Waals surface area contributed by atoms with Gasteiger partial charge in [0.15, 0.2) is 0 Å². The average molecular weight is 249 g/mol. The van der Waals surface area contributed by atoms with E-state index < -0.39 is 0 Å². The van der Waals surface area contributed by atoms with Crippen LogP contribution in [-0.4, -0.2) is 45.8 Å². The van der Waals surface area contributed by atoms with Gasteiger partial charge in [0, 0.05) is 32.0 Å². The minimum atomic E-state index is 0.273. The number of rotatable bonds is 2. The van der Waals surface area contributed by atoms with Crippen LogP contribution in [0.3, 0.4) is 0 Å². The predicted molar refractivity (Wildman–Crippen MR) is 70.2 cm³/mol. The molecule has 0 amide bonds. The summed E-state index contributed by atoms with van der Waals surface area (Å²) >= 11 is 0. The molecular formula is C13H23N5. The van der Waals surface area contributed by atoms with Gasteiger partial charge in [-0.1, -0.05) is 0 Å².